The third-order valence-electron chi connectivity index (χ3n) is 2.28. The molecule has 0 spiro atoms. The summed E-state index contributed by atoms with van der Waals surface area (Å²) < 4.78 is 12.9. The van der Waals surface area contributed by atoms with Gasteiger partial charge in [-0.05, 0) is 18.1 Å². The first-order chi connectivity index (χ1) is 7.82. The number of benzene rings is 1. The summed E-state index contributed by atoms with van der Waals surface area (Å²) in [6.45, 7) is 3.64. The van der Waals surface area contributed by atoms with Crippen LogP contribution in [-0.4, -0.2) is 11.9 Å². The van der Waals surface area contributed by atoms with E-state index >= 15 is 0 Å². The van der Waals surface area contributed by atoms with Gasteiger partial charge in [0.2, 0.25) is 5.91 Å². The van der Waals surface area contributed by atoms with Gasteiger partial charge in [0, 0.05) is 0 Å². The minimum atomic E-state index is -0.674. The number of hydrogen-bond donors (Lipinski definition) is 2. The van der Waals surface area contributed by atoms with E-state index in [1.54, 1.807) is 0 Å². The second-order valence-electron chi connectivity index (χ2n) is 4.00. The number of hydrogen-bond acceptors (Lipinski definition) is 2. The van der Waals surface area contributed by atoms with Crippen LogP contribution in [0, 0.1) is 11.7 Å². The molecule has 0 aromatic heterocycles. The van der Waals surface area contributed by atoms with Gasteiger partial charge in [0.05, 0.1) is 21.8 Å². The van der Waals surface area contributed by atoms with E-state index in [1.165, 1.54) is 0 Å². The minimum absolute atomic E-state index is 0.0204. The lowest BCUT2D eigenvalue weighted by molar-refractivity contribution is -0.118. The van der Waals surface area contributed by atoms with Crippen molar-refractivity contribution in [1.29, 1.82) is 0 Å². The maximum atomic E-state index is 12.9. The van der Waals surface area contributed by atoms with E-state index in [2.05, 4.69) is 5.32 Å². The van der Waals surface area contributed by atoms with Gasteiger partial charge < -0.3 is 11.1 Å². The van der Waals surface area contributed by atoms with E-state index in [1.807, 2.05) is 13.8 Å². The van der Waals surface area contributed by atoms with Gasteiger partial charge in [-0.1, -0.05) is 37.0 Å². The minimum Gasteiger partial charge on any atom is -0.322 e. The smallest absolute Gasteiger partial charge is 0.241 e. The van der Waals surface area contributed by atoms with Crippen molar-refractivity contribution in [2.75, 3.05) is 5.32 Å². The Morgan fingerprint density at radius 2 is 1.82 bits per heavy atom. The van der Waals surface area contributed by atoms with Crippen LogP contribution >= 0.6 is 23.2 Å². The molecule has 6 heteroatoms. The fraction of sp³-hybridized carbons (Fsp3) is 0.364. The van der Waals surface area contributed by atoms with E-state index in [9.17, 15) is 9.18 Å². The maximum Gasteiger partial charge on any atom is 0.241 e. The van der Waals surface area contributed by atoms with Crippen LogP contribution in [0.1, 0.15) is 13.8 Å². The molecular weight excluding hydrogens is 266 g/mol. The zero-order valence-electron chi connectivity index (χ0n) is 9.43. The summed E-state index contributed by atoms with van der Waals surface area (Å²) in [5, 5.41) is 2.57. The van der Waals surface area contributed by atoms with Gasteiger partial charge in [-0.15, -0.1) is 0 Å². The summed E-state index contributed by atoms with van der Waals surface area (Å²) >= 11 is 11.6. The maximum absolute atomic E-state index is 12.9. The lowest BCUT2D eigenvalue weighted by atomic mass is 10.0. The van der Waals surface area contributed by atoms with Crippen molar-refractivity contribution < 1.29 is 9.18 Å². The molecule has 0 unspecified atom stereocenters. The summed E-state index contributed by atoms with van der Waals surface area (Å²) in [7, 11) is 0. The van der Waals surface area contributed by atoms with Gasteiger partial charge in [-0.25, -0.2) is 4.39 Å². The summed E-state index contributed by atoms with van der Waals surface area (Å²) in [6.07, 6.45) is 0. The SMILES string of the molecule is CC(C)[C@H](N)C(=O)Nc1c(Cl)cc(F)cc1Cl. The van der Waals surface area contributed by atoms with Crippen molar-refractivity contribution in [3.05, 3.63) is 28.0 Å². The highest BCUT2D eigenvalue weighted by atomic mass is 35.5. The number of rotatable bonds is 3. The molecule has 0 bridgehead atoms. The highest BCUT2D eigenvalue weighted by Gasteiger charge is 2.19. The highest BCUT2D eigenvalue weighted by Crippen LogP contribution is 2.31. The molecule has 1 amide bonds. The number of nitrogens with two attached hydrogens (primary N) is 1. The lowest BCUT2D eigenvalue weighted by Gasteiger charge is -2.16. The third-order valence-corrected chi connectivity index (χ3v) is 2.87. The van der Waals surface area contributed by atoms with Crippen LogP contribution < -0.4 is 11.1 Å². The molecule has 1 atom stereocenters. The second kappa shape index (κ2) is 5.67. The van der Waals surface area contributed by atoms with Gasteiger partial charge >= 0.3 is 0 Å². The Bertz CT molecular complexity index is 414. The van der Waals surface area contributed by atoms with E-state index in [4.69, 9.17) is 28.9 Å². The Hall–Kier alpha value is -0.840. The second-order valence-corrected chi connectivity index (χ2v) is 4.82. The molecule has 0 saturated heterocycles. The molecule has 3 nitrogen and oxygen atoms in total. The summed E-state index contributed by atoms with van der Waals surface area (Å²) in [4.78, 5) is 11.7. The first kappa shape index (κ1) is 14.2. The number of amides is 1. The average Bonchev–Trinajstić information content (AvgIpc) is 2.21. The van der Waals surface area contributed by atoms with E-state index in [-0.39, 0.29) is 21.7 Å². The van der Waals surface area contributed by atoms with Gasteiger partial charge in [0.15, 0.2) is 0 Å². The number of carbonyl (C=O) groups excluding carboxylic acids is 1. The zero-order chi connectivity index (χ0) is 13.2. The van der Waals surface area contributed by atoms with E-state index in [0.29, 0.717) is 0 Å². The molecule has 0 aliphatic heterocycles. The predicted octanol–water partition coefficient (Wildman–Crippen LogP) is 3.05. The molecule has 0 heterocycles. The lowest BCUT2D eigenvalue weighted by Crippen LogP contribution is -2.39. The van der Waals surface area contributed by atoms with E-state index < -0.39 is 17.8 Å². The van der Waals surface area contributed by atoms with Crippen LogP contribution in [-0.2, 0) is 4.79 Å². The average molecular weight is 279 g/mol. The van der Waals surface area contributed by atoms with Crippen molar-refractivity contribution in [3.63, 3.8) is 0 Å². The predicted molar refractivity (Wildman–Crippen MR) is 67.9 cm³/mol. The highest BCUT2D eigenvalue weighted by molar-refractivity contribution is 6.39. The Kier molecular flexibility index (Phi) is 4.74. The van der Waals surface area contributed by atoms with Crippen molar-refractivity contribution in [3.8, 4) is 0 Å². The van der Waals surface area contributed by atoms with Gasteiger partial charge in [0.25, 0.3) is 0 Å². The molecule has 0 radical (unpaired) electrons. The number of anilines is 1. The largest absolute Gasteiger partial charge is 0.322 e. The molecule has 0 fully saturated rings. The van der Waals surface area contributed by atoms with Gasteiger partial charge in [-0.3, -0.25) is 4.79 Å². The molecule has 0 saturated carbocycles. The molecule has 17 heavy (non-hydrogen) atoms. The fourth-order valence-electron chi connectivity index (χ4n) is 1.17. The Morgan fingerprint density at radius 3 is 2.24 bits per heavy atom. The van der Waals surface area contributed by atoms with Crippen LogP contribution in [0.5, 0.6) is 0 Å². The molecule has 0 aliphatic carbocycles. The molecule has 1 aromatic rings. The fourth-order valence-corrected chi connectivity index (χ4v) is 1.73. The normalized spacial score (nSPS) is 12.6. The number of carbonyl (C=O) groups is 1. The van der Waals surface area contributed by atoms with Crippen molar-refractivity contribution in [2.24, 2.45) is 11.7 Å². The van der Waals surface area contributed by atoms with Crippen molar-refractivity contribution in [2.45, 2.75) is 19.9 Å². The zero-order valence-corrected chi connectivity index (χ0v) is 10.9. The molecule has 94 valence electrons. The monoisotopic (exact) mass is 278 g/mol. The molecular formula is C11H13Cl2FN2O. The summed E-state index contributed by atoms with van der Waals surface area (Å²) in [6, 6.07) is 1.47. The standard InChI is InChI=1S/C11H13Cl2FN2O/c1-5(2)9(15)11(17)16-10-7(12)3-6(14)4-8(10)13/h3-5,9H,15H2,1-2H3,(H,16,17)/t9-/m0/s1. The number of halogens is 3. The molecule has 1 aromatic carbocycles. The van der Waals surface area contributed by atoms with Crippen LogP contribution in [0.25, 0.3) is 0 Å². The van der Waals surface area contributed by atoms with Gasteiger partial charge in [0.1, 0.15) is 5.82 Å². The first-order valence-corrected chi connectivity index (χ1v) is 5.79. The van der Waals surface area contributed by atoms with Crippen LogP contribution in [0.15, 0.2) is 12.1 Å². The summed E-state index contributed by atoms with van der Waals surface area (Å²) in [5.41, 5.74) is 5.84. The quantitative estimate of drug-likeness (QED) is 0.893. The van der Waals surface area contributed by atoms with Crippen molar-refractivity contribution in [1.82, 2.24) is 0 Å². The van der Waals surface area contributed by atoms with Crippen LogP contribution in [0.3, 0.4) is 0 Å². The van der Waals surface area contributed by atoms with Crippen molar-refractivity contribution >= 4 is 34.8 Å². The van der Waals surface area contributed by atoms with Crippen LogP contribution in [0.2, 0.25) is 10.0 Å². The van der Waals surface area contributed by atoms with Crippen LogP contribution in [0.4, 0.5) is 10.1 Å². The Labute approximate surface area is 109 Å². The summed E-state index contributed by atoms with van der Waals surface area (Å²) in [5.74, 6) is -0.991. The Morgan fingerprint density at radius 1 is 1.35 bits per heavy atom. The molecule has 3 N–H and O–H groups in total. The topological polar surface area (TPSA) is 55.1 Å². The first-order valence-electron chi connectivity index (χ1n) is 5.04. The number of nitrogens with one attached hydrogen (secondary N) is 1. The van der Waals surface area contributed by atoms with E-state index in [0.717, 1.165) is 12.1 Å². The third kappa shape index (κ3) is 3.56. The molecule has 1 rings (SSSR count). The van der Waals surface area contributed by atoms with Gasteiger partial charge in [-0.2, -0.15) is 0 Å². The Balaban J connectivity index is 2.93. The molecule has 0 aliphatic rings.